The first-order valence-corrected chi connectivity index (χ1v) is 7.57. The number of amides is 2. The fourth-order valence-electron chi connectivity index (χ4n) is 2.05. The SMILES string of the molecule is C/C(=N\NC(=O)NCC1CCCO1)c1cc(F)c(Cl)cc1Cl. The number of carbonyl (C=O) groups excluding carboxylic acids is 1. The molecular formula is C14H16Cl2FN3O2. The molecule has 2 amide bonds. The number of hydrazone groups is 1. The summed E-state index contributed by atoms with van der Waals surface area (Å²) >= 11 is 11.6. The minimum atomic E-state index is -0.599. The zero-order valence-corrected chi connectivity index (χ0v) is 13.5. The lowest BCUT2D eigenvalue weighted by Gasteiger charge is -2.10. The van der Waals surface area contributed by atoms with E-state index < -0.39 is 11.8 Å². The van der Waals surface area contributed by atoms with E-state index in [9.17, 15) is 9.18 Å². The second-order valence-electron chi connectivity index (χ2n) is 4.90. The van der Waals surface area contributed by atoms with Crippen LogP contribution < -0.4 is 10.7 Å². The van der Waals surface area contributed by atoms with Crippen LogP contribution in [-0.2, 0) is 4.74 Å². The highest BCUT2D eigenvalue weighted by atomic mass is 35.5. The molecule has 1 aromatic rings. The summed E-state index contributed by atoms with van der Waals surface area (Å²) in [5.74, 6) is -0.599. The summed E-state index contributed by atoms with van der Waals surface area (Å²) in [5.41, 5.74) is 3.07. The zero-order valence-electron chi connectivity index (χ0n) is 12.0. The third-order valence-electron chi connectivity index (χ3n) is 3.24. The highest BCUT2D eigenvalue weighted by molar-refractivity contribution is 6.37. The maximum atomic E-state index is 13.5. The van der Waals surface area contributed by atoms with Crippen molar-refractivity contribution in [3.05, 3.63) is 33.6 Å². The van der Waals surface area contributed by atoms with Gasteiger partial charge in [-0.3, -0.25) is 0 Å². The summed E-state index contributed by atoms with van der Waals surface area (Å²) in [5, 5.41) is 6.74. The monoisotopic (exact) mass is 347 g/mol. The van der Waals surface area contributed by atoms with Gasteiger partial charge in [-0.25, -0.2) is 14.6 Å². The Bertz CT molecular complexity index is 590. The van der Waals surface area contributed by atoms with Crippen LogP contribution in [0.15, 0.2) is 17.2 Å². The second-order valence-corrected chi connectivity index (χ2v) is 5.71. The number of urea groups is 1. The lowest BCUT2D eigenvalue weighted by Crippen LogP contribution is -2.37. The molecule has 1 unspecified atom stereocenters. The molecule has 0 spiro atoms. The van der Waals surface area contributed by atoms with E-state index >= 15 is 0 Å². The quantitative estimate of drug-likeness (QED) is 0.498. The van der Waals surface area contributed by atoms with Gasteiger partial charge < -0.3 is 10.1 Å². The molecule has 1 aromatic carbocycles. The third-order valence-corrected chi connectivity index (χ3v) is 3.84. The molecule has 1 fully saturated rings. The average molecular weight is 348 g/mol. The first kappa shape index (κ1) is 17.0. The van der Waals surface area contributed by atoms with Gasteiger partial charge in [0.2, 0.25) is 0 Å². The predicted octanol–water partition coefficient (Wildman–Crippen LogP) is 3.33. The van der Waals surface area contributed by atoms with Crippen LogP contribution in [0.4, 0.5) is 9.18 Å². The minimum absolute atomic E-state index is 0.0515. The van der Waals surface area contributed by atoms with E-state index in [4.69, 9.17) is 27.9 Å². The molecule has 2 rings (SSSR count). The summed E-state index contributed by atoms with van der Waals surface area (Å²) in [4.78, 5) is 11.6. The summed E-state index contributed by atoms with van der Waals surface area (Å²) in [6.45, 7) is 2.76. The minimum Gasteiger partial charge on any atom is -0.376 e. The smallest absolute Gasteiger partial charge is 0.335 e. The molecule has 2 N–H and O–H groups in total. The molecule has 22 heavy (non-hydrogen) atoms. The lowest BCUT2D eigenvalue weighted by atomic mass is 10.1. The van der Waals surface area contributed by atoms with Crippen LogP contribution >= 0.6 is 23.2 Å². The van der Waals surface area contributed by atoms with Crippen molar-refractivity contribution >= 4 is 34.9 Å². The molecule has 1 saturated heterocycles. The van der Waals surface area contributed by atoms with Crippen molar-refractivity contribution in [1.29, 1.82) is 0 Å². The molecule has 0 saturated carbocycles. The first-order chi connectivity index (χ1) is 10.5. The maximum Gasteiger partial charge on any atom is 0.335 e. The van der Waals surface area contributed by atoms with Gasteiger partial charge >= 0.3 is 6.03 Å². The normalized spacial score (nSPS) is 18.4. The van der Waals surface area contributed by atoms with Gasteiger partial charge in [0, 0.05) is 18.7 Å². The van der Waals surface area contributed by atoms with Gasteiger partial charge in [0.15, 0.2) is 0 Å². The van der Waals surface area contributed by atoms with Gasteiger partial charge in [0.25, 0.3) is 0 Å². The van der Waals surface area contributed by atoms with Crippen LogP contribution in [0, 0.1) is 5.82 Å². The van der Waals surface area contributed by atoms with Crippen LogP contribution in [0.5, 0.6) is 0 Å². The van der Waals surface area contributed by atoms with Gasteiger partial charge in [0.1, 0.15) is 5.82 Å². The van der Waals surface area contributed by atoms with Crippen LogP contribution in [-0.4, -0.2) is 31.0 Å². The Balaban J connectivity index is 1.91. The number of nitrogens with zero attached hydrogens (tertiary/aromatic N) is 1. The molecule has 1 aliphatic rings. The van der Waals surface area contributed by atoms with E-state index in [0.29, 0.717) is 17.8 Å². The fourth-order valence-corrected chi connectivity index (χ4v) is 2.57. The van der Waals surface area contributed by atoms with Crippen molar-refractivity contribution in [2.24, 2.45) is 5.10 Å². The van der Waals surface area contributed by atoms with Crippen LogP contribution in [0.25, 0.3) is 0 Å². The molecule has 0 aromatic heterocycles. The number of carbonyl (C=O) groups is 1. The fraction of sp³-hybridized carbons (Fsp3) is 0.429. The van der Waals surface area contributed by atoms with E-state index in [-0.39, 0.29) is 16.1 Å². The van der Waals surface area contributed by atoms with E-state index in [1.54, 1.807) is 6.92 Å². The highest BCUT2D eigenvalue weighted by Crippen LogP contribution is 2.24. The average Bonchev–Trinajstić information content (AvgIpc) is 2.99. The van der Waals surface area contributed by atoms with E-state index in [2.05, 4.69) is 15.8 Å². The standard InChI is InChI=1S/C14H16Cl2FN3O2/c1-8(10-5-13(17)12(16)6-11(10)15)19-20-14(21)18-7-9-3-2-4-22-9/h5-6,9H,2-4,7H2,1H3,(H2,18,20,21)/b19-8+. The summed E-state index contributed by atoms with van der Waals surface area (Å²) < 4.78 is 18.8. The molecule has 0 aliphatic carbocycles. The van der Waals surface area contributed by atoms with Gasteiger partial charge in [-0.05, 0) is 31.9 Å². The lowest BCUT2D eigenvalue weighted by molar-refractivity contribution is 0.111. The van der Waals surface area contributed by atoms with Crippen LogP contribution in [0.3, 0.4) is 0 Å². The van der Waals surface area contributed by atoms with Crippen molar-refractivity contribution in [2.45, 2.75) is 25.9 Å². The van der Waals surface area contributed by atoms with E-state index in [1.165, 1.54) is 12.1 Å². The summed E-state index contributed by atoms with van der Waals surface area (Å²) in [6.07, 6.45) is 1.99. The molecular weight excluding hydrogens is 332 g/mol. The van der Waals surface area contributed by atoms with Crippen molar-refractivity contribution in [3.63, 3.8) is 0 Å². The Labute approximate surface area is 137 Å². The van der Waals surface area contributed by atoms with Gasteiger partial charge in [-0.1, -0.05) is 23.2 Å². The van der Waals surface area contributed by atoms with E-state index in [1.807, 2.05) is 0 Å². The third kappa shape index (κ3) is 4.56. The molecule has 1 aliphatic heterocycles. The van der Waals surface area contributed by atoms with Crippen molar-refractivity contribution in [2.75, 3.05) is 13.2 Å². The van der Waals surface area contributed by atoms with Gasteiger partial charge in [-0.15, -0.1) is 0 Å². The van der Waals surface area contributed by atoms with Crippen molar-refractivity contribution < 1.29 is 13.9 Å². The topological polar surface area (TPSA) is 62.7 Å². The Morgan fingerprint density at radius 2 is 2.23 bits per heavy atom. The molecule has 0 radical (unpaired) electrons. The number of rotatable bonds is 4. The molecule has 5 nitrogen and oxygen atoms in total. The highest BCUT2D eigenvalue weighted by Gasteiger charge is 2.16. The number of ether oxygens (including phenoxy) is 1. The number of hydrogen-bond acceptors (Lipinski definition) is 3. The van der Waals surface area contributed by atoms with Crippen molar-refractivity contribution in [1.82, 2.24) is 10.7 Å². The summed E-state index contributed by atoms with van der Waals surface area (Å²) in [6, 6.07) is 2.01. The molecule has 1 atom stereocenters. The molecule has 1 heterocycles. The molecule has 0 bridgehead atoms. The largest absolute Gasteiger partial charge is 0.376 e. The number of hydrogen-bond donors (Lipinski definition) is 2. The molecule has 8 heteroatoms. The predicted molar refractivity (Wildman–Crippen MR) is 84.1 cm³/mol. The zero-order chi connectivity index (χ0) is 16.1. The Kier molecular flexibility index (Phi) is 5.99. The number of halogens is 3. The number of nitrogens with one attached hydrogen (secondary N) is 2. The summed E-state index contributed by atoms with van der Waals surface area (Å²) in [7, 11) is 0. The van der Waals surface area contributed by atoms with E-state index in [0.717, 1.165) is 19.4 Å². The van der Waals surface area contributed by atoms with Gasteiger partial charge in [-0.2, -0.15) is 5.10 Å². The second kappa shape index (κ2) is 7.76. The molecule has 120 valence electrons. The Morgan fingerprint density at radius 1 is 1.45 bits per heavy atom. The Hall–Kier alpha value is -1.37. The number of benzene rings is 1. The Morgan fingerprint density at radius 3 is 2.91 bits per heavy atom. The van der Waals surface area contributed by atoms with Gasteiger partial charge in [0.05, 0.1) is 21.9 Å². The van der Waals surface area contributed by atoms with Crippen LogP contribution in [0.2, 0.25) is 10.0 Å². The first-order valence-electron chi connectivity index (χ1n) is 6.82. The maximum absolute atomic E-state index is 13.5. The van der Waals surface area contributed by atoms with Crippen molar-refractivity contribution in [3.8, 4) is 0 Å². The van der Waals surface area contributed by atoms with Crippen LogP contribution in [0.1, 0.15) is 25.3 Å².